The minimum absolute atomic E-state index is 0.0252. The highest BCUT2D eigenvalue weighted by Crippen LogP contribution is 2.33. The Morgan fingerprint density at radius 3 is 2.44 bits per heavy atom. The Bertz CT molecular complexity index is 1130. The molecule has 1 atom stereocenters. The molecule has 1 heterocycles. The maximum Gasteiger partial charge on any atom is 0.416 e. The molecule has 1 amide bonds. The van der Waals surface area contributed by atoms with Gasteiger partial charge >= 0.3 is 6.18 Å². The van der Waals surface area contributed by atoms with E-state index in [0.29, 0.717) is 22.5 Å². The summed E-state index contributed by atoms with van der Waals surface area (Å²) in [5.74, 6) is 1.21. The first-order valence-corrected chi connectivity index (χ1v) is 11.4. The first-order chi connectivity index (χ1) is 16.1. The van der Waals surface area contributed by atoms with Gasteiger partial charge in [0.15, 0.2) is 28.6 Å². The van der Waals surface area contributed by atoms with Crippen molar-refractivity contribution >= 4 is 23.4 Å². The summed E-state index contributed by atoms with van der Waals surface area (Å²) in [5, 5.41) is 11.5. The predicted octanol–water partition coefficient (Wildman–Crippen LogP) is 5.76. The fourth-order valence-electron chi connectivity index (χ4n) is 3.21. The van der Waals surface area contributed by atoms with Gasteiger partial charge in [0.25, 0.3) is 0 Å². The summed E-state index contributed by atoms with van der Waals surface area (Å²) in [4.78, 5) is 12.4. The molecule has 0 saturated heterocycles. The summed E-state index contributed by atoms with van der Waals surface area (Å²) in [7, 11) is 1.56. The van der Waals surface area contributed by atoms with Gasteiger partial charge in [-0.15, -0.1) is 10.2 Å². The largest absolute Gasteiger partial charge is 0.493 e. The molecule has 0 aliphatic heterocycles. The molecule has 0 aliphatic carbocycles. The average molecular weight is 495 g/mol. The van der Waals surface area contributed by atoms with Gasteiger partial charge in [-0.3, -0.25) is 4.79 Å². The van der Waals surface area contributed by atoms with Gasteiger partial charge in [-0.05, 0) is 51.1 Å². The molecule has 2 aromatic carbocycles. The third-order valence-electron chi connectivity index (χ3n) is 4.75. The van der Waals surface area contributed by atoms with E-state index in [2.05, 4.69) is 15.5 Å². The van der Waals surface area contributed by atoms with Gasteiger partial charge in [0.05, 0.1) is 18.4 Å². The van der Waals surface area contributed by atoms with Gasteiger partial charge in [-0.2, -0.15) is 13.2 Å². The van der Waals surface area contributed by atoms with E-state index >= 15 is 0 Å². The number of ether oxygens (including phenoxy) is 2. The molecule has 34 heavy (non-hydrogen) atoms. The second kappa shape index (κ2) is 10.8. The molecule has 0 bridgehead atoms. The molecular weight excluding hydrogens is 469 g/mol. The molecule has 11 heteroatoms. The van der Waals surface area contributed by atoms with E-state index in [4.69, 9.17) is 9.47 Å². The van der Waals surface area contributed by atoms with Crippen LogP contribution >= 0.6 is 11.8 Å². The van der Waals surface area contributed by atoms with Gasteiger partial charge in [-0.1, -0.05) is 30.0 Å². The van der Waals surface area contributed by atoms with Crippen LogP contribution in [0.3, 0.4) is 0 Å². The van der Waals surface area contributed by atoms with Crippen molar-refractivity contribution in [3.63, 3.8) is 0 Å². The zero-order valence-corrected chi connectivity index (χ0v) is 19.9. The molecule has 0 spiro atoms. The summed E-state index contributed by atoms with van der Waals surface area (Å²) in [6.45, 7) is 5.75. The van der Waals surface area contributed by atoms with E-state index in [0.717, 1.165) is 23.9 Å². The quantitative estimate of drug-likeness (QED) is 0.381. The highest BCUT2D eigenvalue weighted by molar-refractivity contribution is 7.99. The number of halogens is 3. The number of hydrogen-bond acceptors (Lipinski definition) is 6. The predicted molar refractivity (Wildman–Crippen MR) is 123 cm³/mol. The number of nitrogens with zero attached hydrogens (tertiary/aromatic N) is 3. The lowest BCUT2D eigenvalue weighted by Gasteiger charge is -2.19. The Morgan fingerprint density at radius 2 is 1.79 bits per heavy atom. The van der Waals surface area contributed by atoms with Crippen LogP contribution in [-0.2, 0) is 11.0 Å². The number of anilines is 1. The number of carbonyl (C=O) groups excluding carboxylic acids is 1. The lowest BCUT2D eigenvalue weighted by atomic mass is 10.2. The fraction of sp³-hybridized carbons (Fsp3) is 0.348. The molecule has 7 nitrogen and oxygen atoms in total. The Labute approximate surface area is 199 Å². The number of nitrogens with one attached hydrogen (secondary N) is 1. The van der Waals surface area contributed by atoms with Crippen LogP contribution in [0.1, 0.15) is 44.3 Å². The van der Waals surface area contributed by atoms with E-state index in [1.54, 1.807) is 19.2 Å². The van der Waals surface area contributed by atoms with Gasteiger partial charge in [0, 0.05) is 11.7 Å². The zero-order chi connectivity index (χ0) is 24.9. The number of hydrogen-bond donors (Lipinski definition) is 1. The summed E-state index contributed by atoms with van der Waals surface area (Å²) in [6.07, 6.45) is -4.94. The van der Waals surface area contributed by atoms with Crippen molar-refractivity contribution < 1.29 is 27.4 Å². The second-order valence-corrected chi connectivity index (χ2v) is 8.57. The number of amides is 1. The van der Waals surface area contributed by atoms with Crippen LogP contribution in [0.5, 0.6) is 11.5 Å². The lowest BCUT2D eigenvalue weighted by Crippen LogP contribution is -2.17. The van der Waals surface area contributed by atoms with Crippen molar-refractivity contribution in [2.24, 2.45) is 0 Å². The maximum absolute atomic E-state index is 12.9. The normalized spacial score (nSPS) is 12.5. The lowest BCUT2D eigenvalue weighted by molar-refractivity contribution is -0.137. The van der Waals surface area contributed by atoms with E-state index in [1.807, 2.05) is 37.5 Å². The number of thioether (sulfide) groups is 1. The molecule has 1 unspecified atom stereocenters. The molecule has 1 aromatic heterocycles. The van der Waals surface area contributed by atoms with E-state index in [9.17, 15) is 18.0 Å². The van der Waals surface area contributed by atoms with Crippen molar-refractivity contribution in [3.05, 3.63) is 59.9 Å². The molecular formula is C23H25F3N4O3S. The number of carbonyl (C=O) groups is 1. The Hall–Kier alpha value is -3.21. The summed E-state index contributed by atoms with van der Waals surface area (Å²) < 4.78 is 51.9. The Kier molecular flexibility index (Phi) is 8.08. The Morgan fingerprint density at radius 1 is 1.09 bits per heavy atom. The van der Waals surface area contributed by atoms with Gasteiger partial charge in [0.2, 0.25) is 5.91 Å². The third-order valence-corrected chi connectivity index (χ3v) is 5.69. The SMILES string of the molecule is COc1ccccc1OC(C)c1nnc(SCC(=O)Nc2cccc(C(F)(F)F)c2)n1C(C)C. The number of rotatable bonds is 9. The van der Waals surface area contributed by atoms with E-state index < -0.39 is 23.8 Å². The molecule has 3 aromatic rings. The minimum atomic E-state index is -4.48. The van der Waals surface area contributed by atoms with Crippen LogP contribution < -0.4 is 14.8 Å². The average Bonchev–Trinajstić information content (AvgIpc) is 3.22. The number of para-hydroxylation sites is 2. The number of alkyl halides is 3. The van der Waals surface area contributed by atoms with E-state index in [-0.39, 0.29) is 17.5 Å². The first kappa shape index (κ1) is 25.4. The van der Waals surface area contributed by atoms with Crippen LogP contribution in [0.2, 0.25) is 0 Å². The minimum Gasteiger partial charge on any atom is -0.493 e. The van der Waals surface area contributed by atoms with Gasteiger partial charge in [-0.25, -0.2) is 0 Å². The topological polar surface area (TPSA) is 78.3 Å². The van der Waals surface area contributed by atoms with Crippen molar-refractivity contribution in [2.45, 2.75) is 44.2 Å². The maximum atomic E-state index is 12.9. The second-order valence-electron chi connectivity index (χ2n) is 7.63. The number of methoxy groups -OCH3 is 1. The molecule has 0 aliphatic rings. The van der Waals surface area contributed by atoms with Crippen LogP contribution in [0, 0.1) is 0 Å². The summed E-state index contributed by atoms with van der Waals surface area (Å²) in [5.41, 5.74) is -0.753. The molecule has 0 fully saturated rings. The molecule has 1 N–H and O–H groups in total. The molecule has 3 rings (SSSR count). The van der Waals surface area contributed by atoms with Crippen molar-refractivity contribution in [2.75, 3.05) is 18.2 Å². The van der Waals surface area contributed by atoms with Crippen LogP contribution in [0.4, 0.5) is 18.9 Å². The Balaban J connectivity index is 1.69. The van der Waals surface area contributed by atoms with Crippen LogP contribution in [-0.4, -0.2) is 33.5 Å². The van der Waals surface area contributed by atoms with E-state index in [1.165, 1.54) is 12.1 Å². The van der Waals surface area contributed by atoms with Crippen LogP contribution in [0.25, 0.3) is 0 Å². The standard InChI is InChI=1S/C23H25F3N4O3S/c1-14(2)30-21(15(3)33-19-11-6-5-10-18(19)32-4)28-29-22(30)34-13-20(31)27-17-9-7-8-16(12-17)23(24,25)26/h5-12,14-15H,13H2,1-4H3,(H,27,31). The number of benzene rings is 2. The third kappa shape index (κ3) is 6.22. The van der Waals surface area contributed by atoms with Crippen molar-refractivity contribution in [1.29, 1.82) is 0 Å². The van der Waals surface area contributed by atoms with Gasteiger partial charge < -0.3 is 19.4 Å². The molecule has 0 radical (unpaired) electrons. The van der Waals surface area contributed by atoms with Crippen molar-refractivity contribution in [1.82, 2.24) is 14.8 Å². The smallest absolute Gasteiger partial charge is 0.416 e. The van der Waals surface area contributed by atoms with Crippen molar-refractivity contribution in [3.8, 4) is 11.5 Å². The highest BCUT2D eigenvalue weighted by atomic mass is 32.2. The zero-order valence-electron chi connectivity index (χ0n) is 19.1. The first-order valence-electron chi connectivity index (χ1n) is 10.4. The van der Waals surface area contributed by atoms with Gasteiger partial charge in [0.1, 0.15) is 0 Å². The number of aromatic nitrogens is 3. The summed E-state index contributed by atoms with van der Waals surface area (Å²) >= 11 is 1.14. The van der Waals surface area contributed by atoms with Crippen LogP contribution in [0.15, 0.2) is 53.7 Å². The monoisotopic (exact) mass is 494 g/mol. The summed E-state index contributed by atoms with van der Waals surface area (Å²) in [6, 6.07) is 11.7. The molecule has 0 saturated carbocycles. The molecule has 182 valence electrons. The highest BCUT2D eigenvalue weighted by Gasteiger charge is 2.30. The fourth-order valence-corrected chi connectivity index (χ4v) is 4.08.